The summed E-state index contributed by atoms with van der Waals surface area (Å²) in [5.41, 5.74) is 1.76. The van der Waals surface area contributed by atoms with Gasteiger partial charge in [0.25, 0.3) is 0 Å². The summed E-state index contributed by atoms with van der Waals surface area (Å²) in [6.45, 7) is 7.15. The second-order valence-electron chi connectivity index (χ2n) is 6.28. The number of benzene rings is 1. The van der Waals surface area contributed by atoms with Gasteiger partial charge in [0, 0.05) is 46.1 Å². The first-order valence-corrected chi connectivity index (χ1v) is 8.31. The number of ether oxygens (including phenoxy) is 1. The standard InChI is InChI=1S/C18H27N3O3/c1-14-5-6-17(24-4)16(13-14)21(15(2)22)8-7-18(23)20-11-9-19(3)10-12-20/h5-6,13H,7-12H2,1-4H3. The van der Waals surface area contributed by atoms with Crippen LogP contribution < -0.4 is 9.64 Å². The third-order valence-corrected chi connectivity index (χ3v) is 4.41. The Kier molecular flexibility index (Phi) is 6.20. The maximum Gasteiger partial charge on any atom is 0.224 e. The molecule has 132 valence electrons. The van der Waals surface area contributed by atoms with Crippen LogP contribution in [-0.4, -0.2) is 68.5 Å². The molecule has 0 N–H and O–H groups in total. The SMILES string of the molecule is COc1ccc(C)cc1N(CCC(=O)N1CCN(C)CC1)C(C)=O. The molecule has 1 heterocycles. The summed E-state index contributed by atoms with van der Waals surface area (Å²) < 4.78 is 5.37. The molecule has 0 radical (unpaired) electrons. The Labute approximate surface area is 144 Å². The summed E-state index contributed by atoms with van der Waals surface area (Å²) in [4.78, 5) is 30.2. The van der Waals surface area contributed by atoms with Gasteiger partial charge in [-0.2, -0.15) is 0 Å². The number of anilines is 1. The van der Waals surface area contributed by atoms with Gasteiger partial charge in [0.15, 0.2) is 0 Å². The molecule has 1 aromatic rings. The van der Waals surface area contributed by atoms with Crippen molar-refractivity contribution in [2.45, 2.75) is 20.3 Å². The molecule has 0 spiro atoms. The van der Waals surface area contributed by atoms with E-state index in [4.69, 9.17) is 4.74 Å². The molecule has 0 atom stereocenters. The van der Waals surface area contributed by atoms with Crippen LogP contribution >= 0.6 is 0 Å². The van der Waals surface area contributed by atoms with Crippen LogP contribution in [0.4, 0.5) is 5.69 Å². The number of likely N-dealkylation sites (N-methyl/N-ethyl adjacent to an activating group) is 1. The van der Waals surface area contributed by atoms with Crippen LogP contribution in [0.3, 0.4) is 0 Å². The molecule has 0 unspecified atom stereocenters. The Morgan fingerprint density at radius 2 is 1.88 bits per heavy atom. The average molecular weight is 333 g/mol. The molecule has 1 saturated heterocycles. The molecule has 0 saturated carbocycles. The minimum absolute atomic E-state index is 0.0925. The summed E-state index contributed by atoms with van der Waals surface area (Å²) in [6.07, 6.45) is 0.320. The first-order chi connectivity index (χ1) is 11.4. The highest BCUT2D eigenvalue weighted by molar-refractivity contribution is 5.94. The molecule has 1 aliphatic rings. The van der Waals surface area contributed by atoms with E-state index >= 15 is 0 Å². The van der Waals surface area contributed by atoms with E-state index in [2.05, 4.69) is 11.9 Å². The van der Waals surface area contributed by atoms with Crippen molar-refractivity contribution in [1.82, 2.24) is 9.80 Å². The highest BCUT2D eigenvalue weighted by Crippen LogP contribution is 2.29. The fraction of sp³-hybridized carbons (Fsp3) is 0.556. The molecule has 6 nitrogen and oxygen atoms in total. The molecule has 6 heteroatoms. The van der Waals surface area contributed by atoms with Crippen LogP contribution in [0, 0.1) is 6.92 Å². The van der Waals surface area contributed by atoms with Crippen LogP contribution in [0.5, 0.6) is 5.75 Å². The number of carbonyl (C=O) groups is 2. The van der Waals surface area contributed by atoms with Crippen LogP contribution in [0.1, 0.15) is 18.9 Å². The van der Waals surface area contributed by atoms with Gasteiger partial charge < -0.3 is 19.4 Å². The van der Waals surface area contributed by atoms with Crippen LogP contribution in [0.25, 0.3) is 0 Å². The van der Waals surface area contributed by atoms with E-state index in [1.165, 1.54) is 6.92 Å². The lowest BCUT2D eigenvalue weighted by atomic mass is 10.1. The van der Waals surface area contributed by atoms with Gasteiger partial charge in [0.1, 0.15) is 5.75 Å². The third-order valence-electron chi connectivity index (χ3n) is 4.41. The Morgan fingerprint density at radius 1 is 1.21 bits per heavy atom. The van der Waals surface area contributed by atoms with Crippen molar-refractivity contribution in [2.75, 3.05) is 51.8 Å². The minimum Gasteiger partial charge on any atom is -0.495 e. The van der Waals surface area contributed by atoms with Crippen molar-refractivity contribution in [2.24, 2.45) is 0 Å². The summed E-state index contributed by atoms with van der Waals surface area (Å²) >= 11 is 0. The first-order valence-electron chi connectivity index (χ1n) is 8.31. The Balaban J connectivity index is 2.05. The third kappa shape index (κ3) is 4.47. The molecule has 2 amide bonds. The van der Waals surface area contributed by atoms with Crippen molar-refractivity contribution in [1.29, 1.82) is 0 Å². The van der Waals surface area contributed by atoms with Crippen molar-refractivity contribution >= 4 is 17.5 Å². The van der Waals surface area contributed by atoms with E-state index in [9.17, 15) is 9.59 Å². The highest BCUT2D eigenvalue weighted by Gasteiger charge is 2.22. The lowest BCUT2D eigenvalue weighted by molar-refractivity contribution is -0.132. The zero-order valence-electron chi connectivity index (χ0n) is 15.0. The molecular formula is C18H27N3O3. The Hall–Kier alpha value is -2.08. The van der Waals surface area contributed by atoms with Crippen molar-refractivity contribution in [3.05, 3.63) is 23.8 Å². The maximum absolute atomic E-state index is 12.4. The number of hydrogen-bond acceptors (Lipinski definition) is 4. The van der Waals surface area contributed by atoms with Gasteiger partial charge in [-0.3, -0.25) is 9.59 Å². The van der Waals surface area contributed by atoms with Crippen molar-refractivity contribution < 1.29 is 14.3 Å². The summed E-state index contributed by atoms with van der Waals surface area (Å²) in [5.74, 6) is 0.647. The summed E-state index contributed by atoms with van der Waals surface area (Å²) in [6, 6.07) is 5.71. The highest BCUT2D eigenvalue weighted by atomic mass is 16.5. The number of aryl methyl sites for hydroxylation is 1. The quantitative estimate of drug-likeness (QED) is 0.820. The molecule has 0 bridgehead atoms. The van der Waals surface area contributed by atoms with E-state index < -0.39 is 0 Å². The number of methoxy groups -OCH3 is 1. The maximum atomic E-state index is 12.4. The number of rotatable bonds is 5. The predicted molar refractivity (Wildman–Crippen MR) is 94.5 cm³/mol. The smallest absolute Gasteiger partial charge is 0.224 e. The topological polar surface area (TPSA) is 53.1 Å². The number of piperazine rings is 1. The predicted octanol–water partition coefficient (Wildman–Crippen LogP) is 1.52. The lowest BCUT2D eigenvalue weighted by Gasteiger charge is -2.33. The lowest BCUT2D eigenvalue weighted by Crippen LogP contribution is -2.47. The largest absolute Gasteiger partial charge is 0.495 e. The molecule has 1 aromatic carbocycles. The molecular weight excluding hydrogens is 306 g/mol. The van der Waals surface area contributed by atoms with Gasteiger partial charge in [-0.1, -0.05) is 6.07 Å². The molecule has 1 aliphatic heterocycles. The first kappa shape index (κ1) is 18.3. The van der Waals surface area contributed by atoms with E-state index in [1.807, 2.05) is 30.0 Å². The number of hydrogen-bond donors (Lipinski definition) is 0. The van der Waals surface area contributed by atoms with Gasteiger partial charge in [0.05, 0.1) is 12.8 Å². The molecule has 24 heavy (non-hydrogen) atoms. The number of amides is 2. The zero-order chi connectivity index (χ0) is 17.7. The summed E-state index contributed by atoms with van der Waals surface area (Å²) in [5, 5.41) is 0. The van der Waals surface area contributed by atoms with E-state index in [-0.39, 0.29) is 11.8 Å². The van der Waals surface area contributed by atoms with Crippen LogP contribution in [0.15, 0.2) is 18.2 Å². The number of nitrogens with zero attached hydrogens (tertiary/aromatic N) is 3. The van der Waals surface area contributed by atoms with E-state index in [0.717, 1.165) is 37.4 Å². The van der Waals surface area contributed by atoms with E-state index in [0.29, 0.717) is 18.7 Å². The van der Waals surface area contributed by atoms with Crippen molar-refractivity contribution in [3.8, 4) is 5.75 Å². The van der Waals surface area contributed by atoms with Gasteiger partial charge in [0.2, 0.25) is 11.8 Å². The minimum atomic E-state index is -0.0925. The van der Waals surface area contributed by atoms with Gasteiger partial charge in [-0.15, -0.1) is 0 Å². The van der Waals surface area contributed by atoms with Crippen LogP contribution in [-0.2, 0) is 9.59 Å². The Morgan fingerprint density at radius 3 is 2.46 bits per heavy atom. The number of carbonyl (C=O) groups excluding carboxylic acids is 2. The summed E-state index contributed by atoms with van der Waals surface area (Å²) in [7, 11) is 3.64. The zero-order valence-corrected chi connectivity index (χ0v) is 15.0. The van der Waals surface area contributed by atoms with Crippen molar-refractivity contribution in [3.63, 3.8) is 0 Å². The molecule has 0 aliphatic carbocycles. The van der Waals surface area contributed by atoms with E-state index in [1.54, 1.807) is 12.0 Å². The molecule has 1 fully saturated rings. The van der Waals surface area contributed by atoms with Gasteiger partial charge in [-0.05, 0) is 31.7 Å². The molecule has 2 rings (SSSR count). The Bertz CT molecular complexity index is 595. The monoisotopic (exact) mass is 333 g/mol. The second kappa shape index (κ2) is 8.15. The van der Waals surface area contributed by atoms with Gasteiger partial charge >= 0.3 is 0 Å². The average Bonchev–Trinajstić information content (AvgIpc) is 2.55. The second-order valence-corrected chi connectivity index (χ2v) is 6.28. The normalized spacial score (nSPS) is 15.2. The fourth-order valence-electron chi connectivity index (χ4n) is 2.88. The van der Waals surface area contributed by atoms with Crippen LogP contribution in [0.2, 0.25) is 0 Å². The van der Waals surface area contributed by atoms with Gasteiger partial charge in [-0.25, -0.2) is 0 Å². The fourth-order valence-corrected chi connectivity index (χ4v) is 2.88. The molecule has 0 aromatic heterocycles.